The van der Waals surface area contributed by atoms with Crippen LogP contribution >= 0.6 is 35.6 Å². The van der Waals surface area contributed by atoms with E-state index < -0.39 is 5.82 Å². The van der Waals surface area contributed by atoms with Gasteiger partial charge in [-0.05, 0) is 44.6 Å². The molecule has 1 aromatic carbocycles. The lowest BCUT2D eigenvalue weighted by Gasteiger charge is -2.32. The minimum atomic E-state index is -0.459. The summed E-state index contributed by atoms with van der Waals surface area (Å²) in [6.45, 7) is 2.78. The van der Waals surface area contributed by atoms with Crippen LogP contribution in [0.5, 0.6) is 0 Å². The zero-order valence-electron chi connectivity index (χ0n) is 10.8. The number of benzene rings is 1. The molecule has 1 saturated heterocycles. The number of likely N-dealkylation sites (tertiary alicyclic amines) is 1. The lowest BCUT2D eigenvalue weighted by Crippen LogP contribution is -2.40. The van der Waals surface area contributed by atoms with Crippen LogP contribution in [0.3, 0.4) is 0 Å². The molecule has 0 bridgehead atoms. The molecule has 0 unspecified atom stereocenters. The Morgan fingerprint density at radius 2 is 1.89 bits per heavy atom. The first-order valence-corrected chi connectivity index (χ1v) is 6.89. The first-order valence-electron chi connectivity index (χ1n) is 6.14. The second-order valence-electron chi connectivity index (χ2n) is 4.67. The molecule has 1 aromatic rings. The molecule has 6 heteroatoms. The Morgan fingerprint density at radius 1 is 1.26 bits per heavy atom. The van der Waals surface area contributed by atoms with Gasteiger partial charge in [0.25, 0.3) is 0 Å². The van der Waals surface area contributed by atoms with Gasteiger partial charge in [0.2, 0.25) is 0 Å². The Morgan fingerprint density at radius 3 is 2.47 bits per heavy atom. The smallest absolute Gasteiger partial charge is 0.143 e. The van der Waals surface area contributed by atoms with Crippen LogP contribution in [-0.4, -0.2) is 31.1 Å². The number of rotatable bonds is 3. The maximum absolute atomic E-state index is 13.2. The fourth-order valence-electron chi connectivity index (χ4n) is 2.31. The van der Waals surface area contributed by atoms with Crippen LogP contribution in [-0.2, 0) is 6.54 Å². The van der Waals surface area contributed by atoms with Gasteiger partial charge in [-0.1, -0.05) is 29.3 Å². The molecule has 0 amide bonds. The molecule has 19 heavy (non-hydrogen) atoms. The standard InChI is InChI=1S/C13H17Cl2FN2.ClH/c1-17-10-4-6-18(7-5-10)8-9-2-3-11(16)13(15)12(9)14;/h2-3,10,17H,4-8H2,1H3;1H. The summed E-state index contributed by atoms with van der Waals surface area (Å²) >= 11 is 11.9. The van der Waals surface area contributed by atoms with E-state index in [-0.39, 0.29) is 17.4 Å². The molecule has 1 aliphatic rings. The molecule has 1 N–H and O–H groups in total. The van der Waals surface area contributed by atoms with Crippen molar-refractivity contribution in [3.63, 3.8) is 0 Å². The molecular weight excluding hydrogens is 310 g/mol. The third kappa shape index (κ3) is 4.20. The summed E-state index contributed by atoms with van der Waals surface area (Å²) in [6.07, 6.45) is 2.26. The van der Waals surface area contributed by atoms with Gasteiger partial charge in [-0.15, -0.1) is 12.4 Å². The molecule has 1 heterocycles. The summed E-state index contributed by atoms with van der Waals surface area (Å²) < 4.78 is 13.2. The Hall–Kier alpha value is -0.0600. The largest absolute Gasteiger partial charge is 0.317 e. The number of piperidine rings is 1. The summed E-state index contributed by atoms with van der Waals surface area (Å²) in [5.74, 6) is -0.459. The predicted octanol–water partition coefficient (Wildman–Crippen LogP) is 3.74. The minimum absolute atomic E-state index is 0. The normalized spacial score (nSPS) is 17.3. The molecule has 0 aromatic heterocycles. The van der Waals surface area contributed by atoms with Crippen molar-refractivity contribution in [2.24, 2.45) is 0 Å². The van der Waals surface area contributed by atoms with Crippen LogP contribution in [0, 0.1) is 5.82 Å². The van der Waals surface area contributed by atoms with Gasteiger partial charge in [-0.3, -0.25) is 4.90 Å². The summed E-state index contributed by atoms with van der Waals surface area (Å²) in [7, 11) is 2.00. The summed E-state index contributed by atoms with van der Waals surface area (Å²) in [6, 6.07) is 3.70. The Labute approximate surface area is 129 Å². The molecule has 0 radical (unpaired) electrons. The van der Waals surface area contributed by atoms with Gasteiger partial charge in [0, 0.05) is 12.6 Å². The van der Waals surface area contributed by atoms with Gasteiger partial charge in [0.05, 0.1) is 10.0 Å². The number of hydrogen-bond donors (Lipinski definition) is 1. The molecule has 108 valence electrons. The maximum Gasteiger partial charge on any atom is 0.143 e. The van der Waals surface area contributed by atoms with E-state index in [1.807, 2.05) is 7.05 Å². The number of nitrogens with one attached hydrogen (secondary N) is 1. The second kappa shape index (κ2) is 7.65. The van der Waals surface area contributed by atoms with Gasteiger partial charge in [0.1, 0.15) is 5.82 Å². The van der Waals surface area contributed by atoms with Crippen LogP contribution in [0.2, 0.25) is 10.0 Å². The monoisotopic (exact) mass is 326 g/mol. The van der Waals surface area contributed by atoms with E-state index in [0.717, 1.165) is 38.0 Å². The highest BCUT2D eigenvalue weighted by Crippen LogP contribution is 2.29. The van der Waals surface area contributed by atoms with Crippen LogP contribution in [0.4, 0.5) is 4.39 Å². The summed E-state index contributed by atoms with van der Waals surface area (Å²) in [5, 5.41) is 3.66. The fraction of sp³-hybridized carbons (Fsp3) is 0.538. The number of halogens is 4. The zero-order chi connectivity index (χ0) is 13.1. The van der Waals surface area contributed by atoms with Crippen molar-refractivity contribution in [3.8, 4) is 0 Å². The molecule has 1 aliphatic heterocycles. The number of nitrogens with zero attached hydrogens (tertiary/aromatic N) is 1. The van der Waals surface area contributed by atoms with Crippen LogP contribution < -0.4 is 5.32 Å². The Balaban J connectivity index is 0.00000180. The van der Waals surface area contributed by atoms with E-state index in [1.54, 1.807) is 6.07 Å². The molecule has 0 spiro atoms. The molecule has 0 atom stereocenters. The average Bonchev–Trinajstić information content (AvgIpc) is 2.40. The predicted molar refractivity (Wildman–Crippen MR) is 81.0 cm³/mol. The van der Waals surface area contributed by atoms with E-state index >= 15 is 0 Å². The molecule has 2 rings (SSSR count). The second-order valence-corrected chi connectivity index (χ2v) is 5.43. The Bertz CT molecular complexity index is 421. The quantitative estimate of drug-likeness (QED) is 0.851. The summed E-state index contributed by atoms with van der Waals surface area (Å²) in [5.41, 5.74) is 0.894. The highest BCUT2D eigenvalue weighted by Gasteiger charge is 2.19. The van der Waals surface area contributed by atoms with Gasteiger partial charge >= 0.3 is 0 Å². The van der Waals surface area contributed by atoms with Crippen LogP contribution in [0.1, 0.15) is 18.4 Å². The number of hydrogen-bond acceptors (Lipinski definition) is 2. The highest BCUT2D eigenvalue weighted by atomic mass is 35.5. The van der Waals surface area contributed by atoms with Crippen molar-refractivity contribution < 1.29 is 4.39 Å². The SMILES string of the molecule is CNC1CCN(Cc2ccc(F)c(Cl)c2Cl)CC1.Cl. The van der Waals surface area contributed by atoms with E-state index in [4.69, 9.17) is 23.2 Å². The van der Waals surface area contributed by atoms with E-state index in [0.29, 0.717) is 11.1 Å². The van der Waals surface area contributed by atoms with Crippen molar-refractivity contribution >= 4 is 35.6 Å². The van der Waals surface area contributed by atoms with Gasteiger partial charge in [-0.2, -0.15) is 0 Å². The zero-order valence-corrected chi connectivity index (χ0v) is 13.1. The lowest BCUT2D eigenvalue weighted by atomic mass is 10.0. The first kappa shape index (κ1) is 17.0. The topological polar surface area (TPSA) is 15.3 Å². The highest BCUT2D eigenvalue weighted by molar-refractivity contribution is 6.42. The third-order valence-electron chi connectivity index (χ3n) is 3.50. The van der Waals surface area contributed by atoms with E-state index in [9.17, 15) is 4.39 Å². The van der Waals surface area contributed by atoms with E-state index in [2.05, 4.69) is 10.2 Å². The molecule has 0 aliphatic carbocycles. The van der Waals surface area contributed by atoms with Gasteiger partial charge < -0.3 is 5.32 Å². The van der Waals surface area contributed by atoms with Gasteiger partial charge in [-0.25, -0.2) is 4.39 Å². The van der Waals surface area contributed by atoms with Crippen molar-refractivity contribution in [2.75, 3.05) is 20.1 Å². The first-order chi connectivity index (χ1) is 8.61. The van der Waals surface area contributed by atoms with Gasteiger partial charge in [0.15, 0.2) is 0 Å². The van der Waals surface area contributed by atoms with E-state index in [1.165, 1.54) is 6.07 Å². The fourth-order valence-corrected chi connectivity index (χ4v) is 2.71. The maximum atomic E-state index is 13.2. The molecular formula is C13H18Cl3FN2. The van der Waals surface area contributed by atoms with Crippen LogP contribution in [0.15, 0.2) is 12.1 Å². The van der Waals surface area contributed by atoms with Crippen molar-refractivity contribution in [1.29, 1.82) is 0 Å². The molecule has 2 nitrogen and oxygen atoms in total. The van der Waals surface area contributed by atoms with Crippen molar-refractivity contribution in [3.05, 3.63) is 33.6 Å². The molecule has 1 fully saturated rings. The minimum Gasteiger partial charge on any atom is -0.317 e. The average molecular weight is 328 g/mol. The third-order valence-corrected chi connectivity index (χ3v) is 4.40. The van der Waals surface area contributed by atoms with Crippen molar-refractivity contribution in [2.45, 2.75) is 25.4 Å². The lowest BCUT2D eigenvalue weighted by molar-refractivity contribution is 0.194. The Kier molecular flexibility index (Phi) is 6.84. The molecule has 0 saturated carbocycles. The van der Waals surface area contributed by atoms with Crippen molar-refractivity contribution in [1.82, 2.24) is 10.2 Å². The van der Waals surface area contributed by atoms with Crippen LogP contribution in [0.25, 0.3) is 0 Å². The summed E-state index contributed by atoms with van der Waals surface area (Å²) in [4.78, 5) is 2.32.